The number of hydrogen-bond donors (Lipinski definition) is 1. The minimum atomic E-state index is -0.181. The summed E-state index contributed by atoms with van der Waals surface area (Å²) in [5, 5.41) is 11.9. The van der Waals surface area contributed by atoms with E-state index in [2.05, 4.69) is 11.4 Å². The number of carbonyl (C=O) groups is 1. The molecule has 0 aliphatic rings. The second kappa shape index (κ2) is 6.58. The standard InChI is InChI=1S/C17H16N2O2/c1-12-6-8-13(9-7-12)10-16(20)19-17-14(11-18)4-3-5-15(17)21-2/h3-9H,10H2,1-2H3,(H,19,20). The number of anilines is 1. The molecule has 0 aliphatic heterocycles. The van der Waals surface area contributed by atoms with E-state index in [9.17, 15) is 4.79 Å². The lowest BCUT2D eigenvalue weighted by atomic mass is 10.1. The van der Waals surface area contributed by atoms with Crippen molar-refractivity contribution in [1.82, 2.24) is 0 Å². The monoisotopic (exact) mass is 280 g/mol. The Morgan fingerprint density at radius 3 is 2.57 bits per heavy atom. The summed E-state index contributed by atoms with van der Waals surface area (Å²) in [6.45, 7) is 2.00. The van der Waals surface area contributed by atoms with Crippen molar-refractivity contribution in [2.45, 2.75) is 13.3 Å². The van der Waals surface area contributed by atoms with Gasteiger partial charge in [-0.15, -0.1) is 0 Å². The maximum Gasteiger partial charge on any atom is 0.228 e. The fourth-order valence-electron chi connectivity index (χ4n) is 2.00. The fraction of sp³-hybridized carbons (Fsp3) is 0.176. The third kappa shape index (κ3) is 3.61. The molecule has 0 aliphatic carbocycles. The van der Waals surface area contributed by atoms with Crippen molar-refractivity contribution in [1.29, 1.82) is 5.26 Å². The number of amides is 1. The highest BCUT2D eigenvalue weighted by Crippen LogP contribution is 2.27. The lowest BCUT2D eigenvalue weighted by Gasteiger charge is -2.11. The number of ether oxygens (including phenoxy) is 1. The first-order valence-corrected chi connectivity index (χ1v) is 6.56. The first-order chi connectivity index (χ1) is 10.1. The molecule has 0 aromatic heterocycles. The Kier molecular flexibility index (Phi) is 4.57. The normalized spacial score (nSPS) is 9.76. The summed E-state index contributed by atoms with van der Waals surface area (Å²) in [5.74, 6) is 0.297. The first-order valence-electron chi connectivity index (χ1n) is 6.56. The Labute approximate surface area is 124 Å². The van der Waals surface area contributed by atoms with Crippen LogP contribution in [0.2, 0.25) is 0 Å². The van der Waals surface area contributed by atoms with E-state index < -0.39 is 0 Å². The van der Waals surface area contributed by atoms with Gasteiger partial charge in [0, 0.05) is 0 Å². The molecule has 21 heavy (non-hydrogen) atoms. The Morgan fingerprint density at radius 2 is 1.95 bits per heavy atom. The van der Waals surface area contributed by atoms with Crippen LogP contribution in [0, 0.1) is 18.3 Å². The van der Waals surface area contributed by atoms with Crippen molar-refractivity contribution in [2.75, 3.05) is 12.4 Å². The minimum absolute atomic E-state index is 0.181. The predicted octanol–water partition coefficient (Wildman–Crippen LogP) is 3.06. The molecular formula is C17H16N2O2. The molecule has 1 N–H and O–H groups in total. The average Bonchev–Trinajstić information content (AvgIpc) is 2.49. The van der Waals surface area contributed by atoms with Gasteiger partial charge in [-0.05, 0) is 24.6 Å². The number of nitrogens with one attached hydrogen (secondary N) is 1. The highest BCUT2D eigenvalue weighted by atomic mass is 16.5. The maximum atomic E-state index is 12.1. The predicted molar refractivity (Wildman–Crippen MR) is 81.2 cm³/mol. The summed E-state index contributed by atoms with van der Waals surface area (Å²) in [7, 11) is 1.51. The number of para-hydroxylation sites is 1. The van der Waals surface area contributed by atoms with Gasteiger partial charge < -0.3 is 10.1 Å². The number of nitriles is 1. The van der Waals surface area contributed by atoms with Crippen LogP contribution in [0.1, 0.15) is 16.7 Å². The van der Waals surface area contributed by atoms with Gasteiger partial charge in [0.2, 0.25) is 5.91 Å². The molecule has 0 unspecified atom stereocenters. The quantitative estimate of drug-likeness (QED) is 0.936. The molecule has 0 fully saturated rings. The minimum Gasteiger partial charge on any atom is -0.495 e. The zero-order valence-corrected chi connectivity index (χ0v) is 12.0. The maximum absolute atomic E-state index is 12.1. The molecule has 0 atom stereocenters. The summed E-state index contributed by atoms with van der Waals surface area (Å²) in [6, 6.07) is 14.9. The molecule has 0 heterocycles. The van der Waals surface area contributed by atoms with Gasteiger partial charge in [0.15, 0.2) is 0 Å². The van der Waals surface area contributed by atoms with Gasteiger partial charge in [-0.2, -0.15) is 5.26 Å². The van der Waals surface area contributed by atoms with Crippen molar-refractivity contribution in [2.24, 2.45) is 0 Å². The van der Waals surface area contributed by atoms with Crippen LogP contribution < -0.4 is 10.1 Å². The van der Waals surface area contributed by atoms with Crippen LogP contribution in [0.25, 0.3) is 0 Å². The van der Waals surface area contributed by atoms with Gasteiger partial charge in [-0.25, -0.2) is 0 Å². The Bertz CT molecular complexity index is 685. The molecule has 2 aromatic rings. The molecule has 4 nitrogen and oxygen atoms in total. The fourth-order valence-corrected chi connectivity index (χ4v) is 2.00. The number of nitrogens with zero attached hydrogens (tertiary/aromatic N) is 1. The van der Waals surface area contributed by atoms with Crippen LogP contribution in [0.3, 0.4) is 0 Å². The number of methoxy groups -OCH3 is 1. The summed E-state index contributed by atoms with van der Waals surface area (Å²) in [4.78, 5) is 12.1. The van der Waals surface area contributed by atoms with Crippen molar-refractivity contribution < 1.29 is 9.53 Å². The van der Waals surface area contributed by atoms with E-state index in [0.717, 1.165) is 11.1 Å². The third-order valence-electron chi connectivity index (χ3n) is 3.12. The highest BCUT2D eigenvalue weighted by molar-refractivity contribution is 5.95. The van der Waals surface area contributed by atoms with Crippen LogP contribution in [0.5, 0.6) is 5.75 Å². The van der Waals surface area contributed by atoms with Gasteiger partial charge >= 0.3 is 0 Å². The lowest BCUT2D eigenvalue weighted by molar-refractivity contribution is -0.115. The molecular weight excluding hydrogens is 264 g/mol. The number of hydrogen-bond acceptors (Lipinski definition) is 3. The zero-order valence-electron chi connectivity index (χ0n) is 12.0. The van der Waals surface area contributed by atoms with Crippen LogP contribution in [0.15, 0.2) is 42.5 Å². The van der Waals surface area contributed by atoms with Gasteiger partial charge in [0.05, 0.1) is 19.1 Å². The molecule has 4 heteroatoms. The molecule has 2 aromatic carbocycles. The first kappa shape index (κ1) is 14.6. The second-order valence-electron chi connectivity index (χ2n) is 4.71. The zero-order chi connectivity index (χ0) is 15.2. The van der Waals surface area contributed by atoms with Gasteiger partial charge in [-0.3, -0.25) is 4.79 Å². The van der Waals surface area contributed by atoms with E-state index in [-0.39, 0.29) is 12.3 Å². The van der Waals surface area contributed by atoms with Crippen LogP contribution in [0.4, 0.5) is 5.69 Å². The molecule has 2 rings (SSSR count). The topological polar surface area (TPSA) is 62.1 Å². The number of aryl methyl sites for hydroxylation is 1. The van der Waals surface area contributed by atoms with E-state index in [1.807, 2.05) is 31.2 Å². The summed E-state index contributed by atoms with van der Waals surface area (Å²) < 4.78 is 5.19. The second-order valence-corrected chi connectivity index (χ2v) is 4.71. The molecule has 0 radical (unpaired) electrons. The largest absolute Gasteiger partial charge is 0.495 e. The Morgan fingerprint density at radius 1 is 1.24 bits per heavy atom. The van der Waals surface area contributed by atoms with E-state index in [0.29, 0.717) is 17.0 Å². The van der Waals surface area contributed by atoms with E-state index in [1.165, 1.54) is 7.11 Å². The molecule has 0 saturated carbocycles. The molecule has 0 bridgehead atoms. The summed E-state index contributed by atoms with van der Waals surface area (Å²) in [5.41, 5.74) is 2.87. The van der Waals surface area contributed by atoms with Crippen LogP contribution in [-0.2, 0) is 11.2 Å². The van der Waals surface area contributed by atoms with Crippen LogP contribution >= 0.6 is 0 Å². The molecule has 0 spiro atoms. The average molecular weight is 280 g/mol. The molecule has 106 valence electrons. The number of benzene rings is 2. The smallest absolute Gasteiger partial charge is 0.228 e. The summed E-state index contributed by atoms with van der Waals surface area (Å²) >= 11 is 0. The van der Waals surface area contributed by atoms with Crippen LogP contribution in [-0.4, -0.2) is 13.0 Å². The highest BCUT2D eigenvalue weighted by Gasteiger charge is 2.12. The Hall–Kier alpha value is -2.80. The van der Waals surface area contributed by atoms with Crippen molar-refractivity contribution in [3.05, 3.63) is 59.2 Å². The molecule has 1 amide bonds. The number of carbonyl (C=O) groups excluding carboxylic acids is 1. The van der Waals surface area contributed by atoms with E-state index >= 15 is 0 Å². The third-order valence-corrected chi connectivity index (χ3v) is 3.12. The van der Waals surface area contributed by atoms with E-state index in [4.69, 9.17) is 10.00 Å². The SMILES string of the molecule is COc1cccc(C#N)c1NC(=O)Cc1ccc(C)cc1. The van der Waals surface area contributed by atoms with Gasteiger partial charge in [0.25, 0.3) is 0 Å². The van der Waals surface area contributed by atoms with Crippen molar-refractivity contribution in [3.8, 4) is 11.8 Å². The van der Waals surface area contributed by atoms with Crippen molar-refractivity contribution in [3.63, 3.8) is 0 Å². The number of rotatable bonds is 4. The van der Waals surface area contributed by atoms with Gasteiger partial charge in [-0.1, -0.05) is 35.9 Å². The van der Waals surface area contributed by atoms with Gasteiger partial charge in [0.1, 0.15) is 17.5 Å². The summed E-state index contributed by atoms with van der Waals surface area (Å²) in [6.07, 6.45) is 0.253. The van der Waals surface area contributed by atoms with E-state index in [1.54, 1.807) is 18.2 Å². The molecule has 0 saturated heterocycles. The van der Waals surface area contributed by atoms with Crippen molar-refractivity contribution >= 4 is 11.6 Å². The lowest BCUT2D eigenvalue weighted by Crippen LogP contribution is -2.16. The Balaban J connectivity index is 2.16.